The van der Waals surface area contributed by atoms with Crippen LogP contribution < -0.4 is 4.72 Å². The molecule has 0 aliphatic carbocycles. The Bertz CT molecular complexity index is 290. The smallest absolute Gasteiger partial charge is 0.279 e. The second kappa shape index (κ2) is 5.25. The first-order valence-corrected chi connectivity index (χ1v) is 6.78. The van der Waals surface area contributed by atoms with Gasteiger partial charge in [-0.1, -0.05) is 13.8 Å². The molecular formula is C9H20N2O3S. The third kappa shape index (κ3) is 4.06. The van der Waals surface area contributed by atoms with E-state index in [1.807, 2.05) is 13.8 Å². The van der Waals surface area contributed by atoms with E-state index < -0.39 is 16.3 Å². The number of hydrogen-bond donors (Lipinski definition) is 2. The molecule has 0 amide bonds. The summed E-state index contributed by atoms with van der Waals surface area (Å²) in [4.78, 5) is 0. The molecule has 6 heteroatoms. The van der Waals surface area contributed by atoms with Crippen LogP contribution in [-0.4, -0.2) is 43.6 Å². The largest absolute Gasteiger partial charge is 0.392 e. The predicted octanol–water partition coefficient (Wildman–Crippen LogP) is -0.0665. The van der Waals surface area contributed by atoms with Gasteiger partial charge in [0.25, 0.3) is 10.2 Å². The summed E-state index contributed by atoms with van der Waals surface area (Å²) < 4.78 is 27.3. The van der Waals surface area contributed by atoms with Gasteiger partial charge in [0.15, 0.2) is 0 Å². The Hall–Kier alpha value is -0.170. The second-order valence-electron chi connectivity index (χ2n) is 4.40. The van der Waals surface area contributed by atoms with Crippen molar-refractivity contribution in [2.24, 2.45) is 5.92 Å². The highest BCUT2D eigenvalue weighted by Gasteiger charge is 2.27. The third-order valence-corrected chi connectivity index (χ3v) is 3.92. The van der Waals surface area contributed by atoms with E-state index in [1.54, 1.807) is 0 Å². The zero-order valence-electron chi connectivity index (χ0n) is 9.31. The Morgan fingerprint density at radius 3 is 2.73 bits per heavy atom. The highest BCUT2D eigenvalue weighted by Crippen LogP contribution is 2.12. The van der Waals surface area contributed by atoms with Crippen molar-refractivity contribution >= 4 is 10.2 Å². The lowest BCUT2D eigenvalue weighted by atomic mass is 10.1. The molecule has 1 saturated heterocycles. The van der Waals surface area contributed by atoms with E-state index >= 15 is 0 Å². The molecule has 0 aromatic carbocycles. The average Bonchev–Trinajstić information content (AvgIpc) is 2.15. The van der Waals surface area contributed by atoms with Crippen LogP contribution >= 0.6 is 0 Å². The first-order chi connectivity index (χ1) is 6.92. The molecule has 1 heterocycles. The number of aliphatic hydroxyl groups is 1. The van der Waals surface area contributed by atoms with E-state index in [-0.39, 0.29) is 12.5 Å². The van der Waals surface area contributed by atoms with Crippen molar-refractivity contribution in [2.75, 3.05) is 19.6 Å². The van der Waals surface area contributed by atoms with Crippen LogP contribution in [0.25, 0.3) is 0 Å². The molecule has 0 saturated carbocycles. The summed E-state index contributed by atoms with van der Waals surface area (Å²) in [6.45, 7) is 5.06. The second-order valence-corrected chi connectivity index (χ2v) is 6.16. The van der Waals surface area contributed by atoms with Crippen molar-refractivity contribution < 1.29 is 13.5 Å². The number of β-amino-alcohol motifs (C(OH)–C–C–N with tert-alkyl or cyclic N) is 1. The normalized spacial score (nSPS) is 24.7. The first-order valence-electron chi connectivity index (χ1n) is 5.34. The van der Waals surface area contributed by atoms with E-state index in [1.165, 1.54) is 4.31 Å². The van der Waals surface area contributed by atoms with Crippen molar-refractivity contribution in [3.8, 4) is 0 Å². The number of nitrogens with zero attached hydrogens (tertiary/aromatic N) is 1. The Labute approximate surface area is 91.7 Å². The molecule has 1 rings (SSSR count). The van der Waals surface area contributed by atoms with Crippen LogP contribution in [0, 0.1) is 5.92 Å². The third-order valence-electron chi connectivity index (χ3n) is 2.37. The molecule has 1 unspecified atom stereocenters. The molecule has 0 aromatic heterocycles. The van der Waals surface area contributed by atoms with Gasteiger partial charge in [-0.25, -0.2) is 4.72 Å². The summed E-state index contributed by atoms with van der Waals surface area (Å²) in [6.07, 6.45) is 0.898. The van der Waals surface area contributed by atoms with Gasteiger partial charge in [0.1, 0.15) is 0 Å². The Balaban J connectivity index is 2.52. The molecule has 1 atom stereocenters. The van der Waals surface area contributed by atoms with Crippen molar-refractivity contribution in [1.29, 1.82) is 0 Å². The van der Waals surface area contributed by atoms with Crippen molar-refractivity contribution in [3.63, 3.8) is 0 Å². The standard InChI is InChI=1S/C9H20N2O3S/c1-8(2)6-10-15(13,14)11-5-3-4-9(12)7-11/h8-10,12H,3-7H2,1-2H3. The van der Waals surface area contributed by atoms with Crippen LogP contribution in [0.3, 0.4) is 0 Å². The molecular weight excluding hydrogens is 216 g/mol. The van der Waals surface area contributed by atoms with Crippen LogP contribution in [0.15, 0.2) is 0 Å². The lowest BCUT2D eigenvalue weighted by Crippen LogP contribution is -2.48. The van der Waals surface area contributed by atoms with Crippen LogP contribution in [0.5, 0.6) is 0 Å². The van der Waals surface area contributed by atoms with E-state index in [9.17, 15) is 13.5 Å². The topological polar surface area (TPSA) is 69.6 Å². The number of piperidine rings is 1. The van der Waals surface area contributed by atoms with Gasteiger partial charge in [0, 0.05) is 19.6 Å². The van der Waals surface area contributed by atoms with E-state index in [2.05, 4.69) is 4.72 Å². The monoisotopic (exact) mass is 236 g/mol. The van der Waals surface area contributed by atoms with Gasteiger partial charge in [-0.2, -0.15) is 12.7 Å². The number of rotatable bonds is 4. The van der Waals surface area contributed by atoms with Crippen molar-refractivity contribution in [3.05, 3.63) is 0 Å². The molecule has 0 bridgehead atoms. The minimum absolute atomic E-state index is 0.216. The predicted molar refractivity (Wildman–Crippen MR) is 58.6 cm³/mol. The van der Waals surface area contributed by atoms with E-state index in [4.69, 9.17) is 0 Å². The summed E-state index contributed by atoms with van der Waals surface area (Å²) in [7, 11) is -3.39. The first kappa shape index (κ1) is 12.9. The van der Waals surface area contributed by atoms with Gasteiger partial charge >= 0.3 is 0 Å². The minimum atomic E-state index is -3.39. The number of aliphatic hydroxyl groups excluding tert-OH is 1. The van der Waals surface area contributed by atoms with Gasteiger partial charge in [-0.15, -0.1) is 0 Å². The number of hydrogen-bond acceptors (Lipinski definition) is 3. The number of nitrogens with one attached hydrogen (secondary N) is 1. The Kier molecular flexibility index (Phi) is 4.51. The zero-order valence-corrected chi connectivity index (χ0v) is 10.1. The summed E-state index contributed by atoms with van der Waals surface area (Å²) in [5, 5.41) is 9.39. The maximum Gasteiger partial charge on any atom is 0.279 e. The van der Waals surface area contributed by atoms with Gasteiger partial charge in [-0.05, 0) is 18.8 Å². The van der Waals surface area contributed by atoms with Crippen molar-refractivity contribution in [2.45, 2.75) is 32.8 Å². The Morgan fingerprint density at radius 2 is 2.20 bits per heavy atom. The maximum atomic E-state index is 11.7. The SMILES string of the molecule is CC(C)CNS(=O)(=O)N1CCCC(O)C1. The summed E-state index contributed by atoms with van der Waals surface area (Å²) in [5.74, 6) is 0.287. The van der Waals surface area contributed by atoms with E-state index in [0.717, 1.165) is 6.42 Å². The molecule has 5 nitrogen and oxygen atoms in total. The van der Waals surface area contributed by atoms with Gasteiger partial charge in [-0.3, -0.25) is 0 Å². The molecule has 1 aliphatic rings. The van der Waals surface area contributed by atoms with Crippen LogP contribution in [-0.2, 0) is 10.2 Å². The highest BCUT2D eigenvalue weighted by atomic mass is 32.2. The van der Waals surface area contributed by atoms with Crippen molar-refractivity contribution in [1.82, 2.24) is 9.03 Å². The lowest BCUT2D eigenvalue weighted by molar-refractivity contribution is 0.107. The quantitative estimate of drug-likeness (QED) is 0.718. The summed E-state index contributed by atoms with van der Waals surface area (Å²) in [5.41, 5.74) is 0. The van der Waals surface area contributed by atoms with Crippen LogP contribution in [0.2, 0.25) is 0 Å². The summed E-state index contributed by atoms with van der Waals surface area (Å²) >= 11 is 0. The highest BCUT2D eigenvalue weighted by molar-refractivity contribution is 7.87. The molecule has 2 N–H and O–H groups in total. The molecule has 90 valence electrons. The van der Waals surface area contributed by atoms with Gasteiger partial charge in [0.05, 0.1) is 6.10 Å². The fourth-order valence-electron chi connectivity index (χ4n) is 1.50. The average molecular weight is 236 g/mol. The minimum Gasteiger partial charge on any atom is -0.392 e. The van der Waals surface area contributed by atoms with Gasteiger partial charge in [0.2, 0.25) is 0 Å². The van der Waals surface area contributed by atoms with Crippen LogP contribution in [0.1, 0.15) is 26.7 Å². The molecule has 1 aliphatic heterocycles. The maximum absolute atomic E-state index is 11.7. The zero-order chi connectivity index (χ0) is 11.5. The summed E-state index contributed by atoms with van der Waals surface area (Å²) in [6, 6.07) is 0. The Morgan fingerprint density at radius 1 is 1.53 bits per heavy atom. The van der Waals surface area contributed by atoms with E-state index in [0.29, 0.717) is 19.5 Å². The lowest BCUT2D eigenvalue weighted by Gasteiger charge is -2.29. The fraction of sp³-hybridized carbons (Fsp3) is 1.00. The molecule has 0 spiro atoms. The molecule has 15 heavy (non-hydrogen) atoms. The van der Waals surface area contributed by atoms with Crippen LogP contribution in [0.4, 0.5) is 0 Å². The molecule has 1 fully saturated rings. The van der Waals surface area contributed by atoms with Gasteiger partial charge < -0.3 is 5.11 Å². The molecule has 0 aromatic rings. The fourth-order valence-corrected chi connectivity index (χ4v) is 2.97. The molecule has 0 radical (unpaired) electrons.